The van der Waals surface area contributed by atoms with Crippen molar-refractivity contribution in [2.75, 3.05) is 5.75 Å². The first-order valence-electron chi connectivity index (χ1n) is 4.47. The summed E-state index contributed by atoms with van der Waals surface area (Å²) in [5, 5.41) is 1.35. The molecule has 0 fully saturated rings. The van der Waals surface area contributed by atoms with Crippen LogP contribution in [0.5, 0.6) is 0 Å². The second-order valence-electron chi connectivity index (χ2n) is 2.87. The zero-order chi connectivity index (χ0) is 9.97. The molecule has 3 heteroatoms. The molecule has 0 saturated heterocycles. The van der Waals surface area contributed by atoms with Crippen molar-refractivity contribution in [3.05, 3.63) is 35.2 Å². The molecule has 1 aromatic carbocycles. The topological polar surface area (TPSA) is 17.1 Å². The number of benzene rings is 1. The van der Waals surface area contributed by atoms with E-state index in [-0.39, 0.29) is 5.12 Å². The number of carbonyl (C=O) groups excluding carboxylic acids is 1. The van der Waals surface area contributed by atoms with Gasteiger partial charge in [-0.1, -0.05) is 36.9 Å². The molecule has 1 heterocycles. The van der Waals surface area contributed by atoms with E-state index in [9.17, 15) is 4.79 Å². The summed E-state index contributed by atoms with van der Waals surface area (Å²) >= 11 is 2.95. The van der Waals surface area contributed by atoms with Crippen molar-refractivity contribution in [3.8, 4) is 0 Å². The molecule has 2 aromatic rings. The number of thiophene rings is 1. The Bertz CT molecular complexity index is 426. The van der Waals surface area contributed by atoms with Gasteiger partial charge >= 0.3 is 0 Å². The molecule has 0 aliphatic carbocycles. The maximum absolute atomic E-state index is 11.6. The predicted molar refractivity (Wildman–Crippen MR) is 64.3 cm³/mol. The number of carbonyl (C=O) groups is 1. The zero-order valence-electron chi connectivity index (χ0n) is 7.82. The summed E-state index contributed by atoms with van der Waals surface area (Å²) in [7, 11) is 0. The van der Waals surface area contributed by atoms with E-state index in [0.29, 0.717) is 0 Å². The Morgan fingerprint density at radius 2 is 2.21 bits per heavy atom. The van der Waals surface area contributed by atoms with Gasteiger partial charge in [0.2, 0.25) is 5.12 Å². The van der Waals surface area contributed by atoms with E-state index in [2.05, 4.69) is 0 Å². The van der Waals surface area contributed by atoms with Crippen LogP contribution in [0.3, 0.4) is 0 Å². The third-order valence-electron chi connectivity index (χ3n) is 1.90. The maximum atomic E-state index is 11.6. The highest BCUT2D eigenvalue weighted by Gasteiger charge is 2.08. The minimum atomic E-state index is 0.189. The van der Waals surface area contributed by atoms with Crippen LogP contribution in [0, 0.1) is 0 Å². The van der Waals surface area contributed by atoms with Gasteiger partial charge in [0.25, 0.3) is 0 Å². The first-order chi connectivity index (χ1) is 6.81. The molecule has 0 atom stereocenters. The van der Waals surface area contributed by atoms with Gasteiger partial charge < -0.3 is 0 Å². The third-order valence-corrected chi connectivity index (χ3v) is 3.92. The molecule has 14 heavy (non-hydrogen) atoms. The van der Waals surface area contributed by atoms with Crippen LogP contribution in [0.4, 0.5) is 0 Å². The molecule has 72 valence electrons. The van der Waals surface area contributed by atoms with Crippen LogP contribution < -0.4 is 0 Å². The highest BCUT2D eigenvalue weighted by Crippen LogP contribution is 2.27. The number of rotatable bonds is 2. The maximum Gasteiger partial charge on any atom is 0.229 e. The van der Waals surface area contributed by atoms with E-state index in [4.69, 9.17) is 0 Å². The molecule has 1 nitrogen and oxygen atoms in total. The van der Waals surface area contributed by atoms with Gasteiger partial charge in [-0.2, -0.15) is 0 Å². The minimum absolute atomic E-state index is 0.189. The van der Waals surface area contributed by atoms with E-state index in [1.165, 1.54) is 16.5 Å². The minimum Gasteiger partial charge on any atom is -0.281 e. The van der Waals surface area contributed by atoms with Gasteiger partial charge in [-0.05, 0) is 23.3 Å². The largest absolute Gasteiger partial charge is 0.281 e. The molecule has 0 radical (unpaired) electrons. The fourth-order valence-corrected chi connectivity index (χ4v) is 2.95. The Morgan fingerprint density at radius 3 is 2.93 bits per heavy atom. The molecule has 0 N–H and O–H groups in total. The van der Waals surface area contributed by atoms with Gasteiger partial charge in [0.1, 0.15) is 0 Å². The van der Waals surface area contributed by atoms with Gasteiger partial charge in [0.15, 0.2) is 0 Å². The van der Waals surface area contributed by atoms with Crippen LogP contribution in [0.15, 0.2) is 30.3 Å². The smallest absolute Gasteiger partial charge is 0.229 e. The fourth-order valence-electron chi connectivity index (χ4n) is 1.28. The lowest BCUT2D eigenvalue weighted by Gasteiger charge is -1.90. The molecule has 2 rings (SSSR count). The Labute approximate surface area is 91.1 Å². The third kappa shape index (κ3) is 1.83. The fraction of sp³-hybridized carbons (Fsp3) is 0.182. The van der Waals surface area contributed by atoms with Crippen LogP contribution in [0.1, 0.15) is 16.6 Å². The van der Waals surface area contributed by atoms with Gasteiger partial charge in [-0.3, -0.25) is 4.79 Å². The molecule has 0 unspecified atom stereocenters. The number of hydrogen-bond donors (Lipinski definition) is 0. The average Bonchev–Trinajstić information content (AvgIpc) is 2.61. The van der Waals surface area contributed by atoms with Crippen LogP contribution in [-0.2, 0) is 0 Å². The summed E-state index contributed by atoms with van der Waals surface area (Å²) in [6.07, 6.45) is 0. The normalized spacial score (nSPS) is 10.6. The molecule has 1 aromatic heterocycles. The number of thioether (sulfide) groups is 1. The highest BCUT2D eigenvalue weighted by atomic mass is 32.2. The van der Waals surface area contributed by atoms with E-state index in [1.54, 1.807) is 11.3 Å². The predicted octanol–water partition coefficient (Wildman–Crippen LogP) is 3.79. The summed E-state index contributed by atoms with van der Waals surface area (Å²) in [5.41, 5.74) is 0. The van der Waals surface area contributed by atoms with Crippen LogP contribution in [0.2, 0.25) is 0 Å². The Kier molecular flexibility index (Phi) is 2.89. The summed E-state index contributed by atoms with van der Waals surface area (Å²) in [4.78, 5) is 12.4. The summed E-state index contributed by atoms with van der Waals surface area (Å²) < 4.78 is 1.19. The molecule has 0 saturated carbocycles. The number of fused-ring (bicyclic) bond motifs is 1. The van der Waals surface area contributed by atoms with Gasteiger partial charge in [0.05, 0.1) is 4.88 Å². The quantitative estimate of drug-likeness (QED) is 0.769. The highest BCUT2D eigenvalue weighted by molar-refractivity contribution is 8.14. The van der Waals surface area contributed by atoms with Crippen molar-refractivity contribution in [2.45, 2.75) is 6.92 Å². The SMILES string of the molecule is CCSC(=O)c1cc2ccccc2s1. The summed E-state index contributed by atoms with van der Waals surface area (Å²) in [6, 6.07) is 10.1. The van der Waals surface area contributed by atoms with Crippen molar-refractivity contribution >= 4 is 38.3 Å². The second-order valence-corrected chi connectivity index (χ2v) is 5.19. The molecular weight excluding hydrogens is 212 g/mol. The van der Waals surface area contributed by atoms with Crippen molar-refractivity contribution in [3.63, 3.8) is 0 Å². The first kappa shape index (κ1) is 9.74. The Morgan fingerprint density at radius 1 is 1.43 bits per heavy atom. The van der Waals surface area contributed by atoms with Crippen molar-refractivity contribution in [2.24, 2.45) is 0 Å². The first-order valence-corrected chi connectivity index (χ1v) is 6.27. The molecule has 0 bridgehead atoms. The summed E-state index contributed by atoms with van der Waals surface area (Å²) in [5.74, 6) is 0.840. The standard InChI is InChI=1S/C11H10OS2/c1-2-13-11(12)10-7-8-5-3-4-6-9(8)14-10/h3-7H,2H2,1H3. The second kappa shape index (κ2) is 4.15. The Balaban J connectivity index is 2.40. The van der Waals surface area contributed by atoms with Gasteiger partial charge in [-0.15, -0.1) is 11.3 Å². The van der Waals surface area contributed by atoms with Crippen molar-refractivity contribution in [1.29, 1.82) is 0 Å². The molecule has 0 aliphatic heterocycles. The molecule has 0 spiro atoms. The lowest BCUT2D eigenvalue weighted by molar-refractivity contribution is 0.109. The lowest BCUT2D eigenvalue weighted by Crippen LogP contribution is -1.87. The van der Waals surface area contributed by atoms with Crippen molar-refractivity contribution in [1.82, 2.24) is 0 Å². The molecule has 0 aliphatic rings. The van der Waals surface area contributed by atoms with E-state index in [1.807, 2.05) is 37.3 Å². The van der Waals surface area contributed by atoms with Crippen molar-refractivity contribution < 1.29 is 4.79 Å². The van der Waals surface area contributed by atoms with Crippen LogP contribution in [0.25, 0.3) is 10.1 Å². The van der Waals surface area contributed by atoms with Crippen LogP contribution >= 0.6 is 23.1 Å². The van der Waals surface area contributed by atoms with Crippen LogP contribution in [-0.4, -0.2) is 10.9 Å². The average molecular weight is 222 g/mol. The molecule has 0 amide bonds. The Hall–Kier alpha value is -0.800. The van der Waals surface area contributed by atoms with Gasteiger partial charge in [0, 0.05) is 4.70 Å². The molecular formula is C11H10OS2. The van der Waals surface area contributed by atoms with Gasteiger partial charge in [-0.25, -0.2) is 0 Å². The van der Waals surface area contributed by atoms with E-state index >= 15 is 0 Å². The van der Waals surface area contributed by atoms with E-state index in [0.717, 1.165) is 16.0 Å². The lowest BCUT2D eigenvalue weighted by atomic mass is 10.2. The number of hydrogen-bond acceptors (Lipinski definition) is 3. The van der Waals surface area contributed by atoms with E-state index < -0.39 is 0 Å². The monoisotopic (exact) mass is 222 g/mol. The summed E-state index contributed by atoms with van der Waals surface area (Å²) in [6.45, 7) is 2.00. The zero-order valence-corrected chi connectivity index (χ0v) is 9.45.